The van der Waals surface area contributed by atoms with E-state index in [9.17, 15) is 19.2 Å². The molecule has 114 valence electrons. The fraction of sp³-hybridized carbons (Fsp3) is 0.200. The Kier molecular flexibility index (Phi) is 4.36. The van der Waals surface area contributed by atoms with Crippen molar-refractivity contribution < 1.29 is 23.9 Å². The molecule has 0 saturated carbocycles. The van der Waals surface area contributed by atoms with E-state index in [-0.39, 0.29) is 0 Å². The summed E-state index contributed by atoms with van der Waals surface area (Å²) in [6.45, 7) is 0. The van der Waals surface area contributed by atoms with Crippen molar-refractivity contribution >= 4 is 29.7 Å². The van der Waals surface area contributed by atoms with Crippen LogP contribution < -0.4 is 10.1 Å². The highest BCUT2D eigenvalue weighted by Gasteiger charge is 2.42. The van der Waals surface area contributed by atoms with Crippen LogP contribution in [0.4, 0.5) is 4.79 Å². The third-order valence-corrected chi connectivity index (χ3v) is 3.21. The molecule has 0 aliphatic carbocycles. The largest absolute Gasteiger partial charge is 0.497 e. The molecule has 1 aliphatic heterocycles. The van der Waals surface area contributed by atoms with Crippen LogP contribution in [0, 0.1) is 5.92 Å². The molecule has 0 bridgehead atoms. The maximum atomic E-state index is 12.0. The first kappa shape index (κ1) is 15.4. The summed E-state index contributed by atoms with van der Waals surface area (Å²) in [6.07, 6.45) is 2.63. The number of hydrogen-bond acceptors (Lipinski definition) is 5. The quantitative estimate of drug-likeness (QED) is 0.649. The third-order valence-electron chi connectivity index (χ3n) is 3.21. The van der Waals surface area contributed by atoms with E-state index in [0.717, 1.165) is 6.08 Å². The maximum Gasteiger partial charge on any atom is 0.330 e. The zero-order valence-corrected chi connectivity index (χ0v) is 12.0. The van der Waals surface area contributed by atoms with Crippen LogP contribution in [0.15, 0.2) is 30.3 Å². The van der Waals surface area contributed by atoms with Gasteiger partial charge in [0, 0.05) is 7.05 Å². The molecule has 1 aliphatic rings. The predicted octanol–water partition coefficient (Wildman–Crippen LogP) is 0.602. The molecular formula is C15H14N2O5. The average molecular weight is 302 g/mol. The summed E-state index contributed by atoms with van der Waals surface area (Å²) in [5.74, 6) is -3.28. The number of benzene rings is 1. The lowest BCUT2D eigenvalue weighted by molar-refractivity contribution is -0.145. The summed E-state index contributed by atoms with van der Waals surface area (Å²) in [6, 6.07) is 6.05. The number of carbonyl (C=O) groups excluding carboxylic acids is 4. The number of ketones is 1. The van der Waals surface area contributed by atoms with Gasteiger partial charge in [-0.2, -0.15) is 0 Å². The Bertz CT molecular complexity index is 663. The molecule has 1 N–H and O–H groups in total. The Morgan fingerprint density at radius 2 is 1.86 bits per heavy atom. The van der Waals surface area contributed by atoms with E-state index < -0.39 is 29.5 Å². The number of barbiturate groups is 1. The highest BCUT2D eigenvalue weighted by atomic mass is 16.5. The van der Waals surface area contributed by atoms with Gasteiger partial charge in [0.15, 0.2) is 11.7 Å². The topological polar surface area (TPSA) is 92.8 Å². The van der Waals surface area contributed by atoms with E-state index in [4.69, 9.17) is 4.74 Å². The van der Waals surface area contributed by atoms with Gasteiger partial charge in [-0.25, -0.2) is 4.79 Å². The van der Waals surface area contributed by atoms with E-state index in [1.54, 1.807) is 31.4 Å². The number of allylic oxidation sites excluding steroid dienone is 1. The van der Waals surface area contributed by atoms with Crippen LogP contribution >= 0.6 is 0 Å². The molecule has 7 nitrogen and oxygen atoms in total. The number of amides is 4. The Balaban J connectivity index is 2.13. The number of hydrogen-bond donors (Lipinski definition) is 1. The van der Waals surface area contributed by atoms with Gasteiger partial charge in [-0.3, -0.25) is 24.6 Å². The summed E-state index contributed by atoms with van der Waals surface area (Å²) in [4.78, 5) is 47.5. The second kappa shape index (κ2) is 6.21. The van der Waals surface area contributed by atoms with Gasteiger partial charge >= 0.3 is 6.03 Å². The summed E-state index contributed by atoms with van der Waals surface area (Å²) >= 11 is 0. The maximum absolute atomic E-state index is 12.0. The molecule has 4 amide bonds. The number of nitrogens with one attached hydrogen (secondary N) is 1. The van der Waals surface area contributed by atoms with Gasteiger partial charge in [0.1, 0.15) is 5.75 Å². The normalized spacial score (nSPS) is 18.5. The zero-order chi connectivity index (χ0) is 16.3. The molecule has 1 fully saturated rings. The number of ether oxygens (including phenoxy) is 1. The third kappa shape index (κ3) is 3.03. The van der Waals surface area contributed by atoms with Gasteiger partial charge in [-0.05, 0) is 23.8 Å². The number of urea groups is 1. The van der Waals surface area contributed by atoms with Gasteiger partial charge in [0.25, 0.3) is 5.91 Å². The van der Waals surface area contributed by atoms with Crippen molar-refractivity contribution in [3.8, 4) is 5.75 Å². The first-order valence-corrected chi connectivity index (χ1v) is 6.42. The lowest BCUT2D eigenvalue weighted by Crippen LogP contribution is -2.58. The fourth-order valence-corrected chi connectivity index (χ4v) is 1.91. The van der Waals surface area contributed by atoms with E-state index in [1.807, 2.05) is 5.32 Å². The minimum Gasteiger partial charge on any atom is -0.497 e. The van der Waals surface area contributed by atoms with E-state index in [0.29, 0.717) is 16.2 Å². The second-order valence-corrected chi connectivity index (χ2v) is 4.63. The molecular weight excluding hydrogens is 288 g/mol. The van der Waals surface area contributed by atoms with E-state index in [2.05, 4.69) is 0 Å². The molecule has 1 heterocycles. The zero-order valence-electron chi connectivity index (χ0n) is 12.0. The SMILES string of the molecule is COc1ccc(/C=C/C(=O)[C@@H]2C(=O)NC(=O)N(C)C2=O)cc1. The summed E-state index contributed by atoms with van der Waals surface area (Å²) in [5.41, 5.74) is 0.710. The number of methoxy groups -OCH3 is 1. The molecule has 0 spiro atoms. The van der Waals surface area contributed by atoms with E-state index >= 15 is 0 Å². The Labute approximate surface area is 126 Å². The Morgan fingerprint density at radius 3 is 2.45 bits per heavy atom. The minimum absolute atomic E-state index is 0.672. The Morgan fingerprint density at radius 1 is 1.23 bits per heavy atom. The average Bonchev–Trinajstić information content (AvgIpc) is 2.51. The molecule has 2 rings (SSSR count). The highest BCUT2D eigenvalue weighted by Crippen LogP contribution is 2.14. The number of imide groups is 2. The number of carbonyl (C=O) groups is 4. The lowest BCUT2D eigenvalue weighted by Gasteiger charge is -2.25. The van der Waals surface area contributed by atoms with Crippen LogP contribution in [-0.2, 0) is 14.4 Å². The summed E-state index contributed by atoms with van der Waals surface area (Å²) in [7, 11) is 2.75. The van der Waals surface area contributed by atoms with Crippen molar-refractivity contribution in [2.24, 2.45) is 5.92 Å². The second-order valence-electron chi connectivity index (χ2n) is 4.63. The van der Waals surface area contributed by atoms with Crippen molar-refractivity contribution in [1.82, 2.24) is 10.2 Å². The molecule has 0 unspecified atom stereocenters. The fourth-order valence-electron chi connectivity index (χ4n) is 1.91. The molecule has 1 saturated heterocycles. The van der Waals surface area contributed by atoms with Crippen LogP contribution in [0.3, 0.4) is 0 Å². The highest BCUT2D eigenvalue weighted by molar-refractivity contribution is 6.28. The summed E-state index contributed by atoms with van der Waals surface area (Å²) < 4.78 is 5.01. The van der Waals surface area contributed by atoms with Crippen molar-refractivity contribution in [3.05, 3.63) is 35.9 Å². The molecule has 0 aromatic heterocycles. The molecule has 1 aromatic rings. The van der Waals surface area contributed by atoms with Crippen LogP contribution in [0.5, 0.6) is 5.75 Å². The van der Waals surface area contributed by atoms with Crippen molar-refractivity contribution in [3.63, 3.8) is 0 Å². The van der Waals surface area contributed by atoms with Gasteiger partial charge in [0.05, 0.1) is 7.11 Å². The lowest BCUT2D eigenvalue weighted by atomic mass is 9.99. The summed E-state index contributed by atoms with van der Waals surface area (Å²) in [5, 5.41) is 1.96. The van der Waals surface area contributed by atoms with Crippen LogP contribution in [0.1, 0.15) is 5.56 Å². The minimum atomic E-state index is -1.53. The van der Waals surface area contributed by atoms with Gasteiger partial charge < -0.3 is 4.74 Å². The molecule has 1 atom stereocenters. The molecule has 1 aromatic carbocycles. The number of nitrogens with zero attached hydrogens (tertiary/aromatic N) is 1. The smallest absolute Gasteiger partial charge is 0.330 e. The van der Waals surface area contributed by atoms with Crippen LogP contribution in [-0.4, -0.2) is 42.7 Å². The molecule has 0 radical (unpaired) electrons. The first-order chi connectivity index (χ1) is 10.4. The monoisotopic (exact) mass is 302 g/mol. The van der Waals surface area contributed by atoms with Gasteiger partial charge in [-0.1, -0.05) is 18.2 Å². The van der Waals surface area contributed by atoms with Gasteiger partial charge in [0.2, 0.25) is 5.91 Å². The van der Waals surface area contributed by atoms with Crippen LogP contribution in [0.25, 0.3) is 6.08 Å². The first-order valence-electron chi connectivity index (χ1n) is 6.42. The molecule has 7 heteroatoms. The van der Waals surface area contributed by atoms with Gasteiger partial charge in [-0.15, -0.1) is 0 Å². The van der Waals surface area contributed by atoms with Crippen molar-refractivity contribution in [2.75, 3.05) is 14.2 Å². The van der Waals surface area contributed by atoms with Crippen molar-refractivity contribution in [1.29, 1.82) is 0 Å². The Hall–Kier alpha value is -2.96. The molecule has 22 heavy (non-hydrogen) atoms. The number of rotatable bonds is 4. The predicted molar refractivity (Wildman–Crippen MR) is 76.8 cm³/mol. The van der Waals surface area contributed by atoms with Crippen LogP contribution in [0.2, 0.25) is 0 Å². The standard InChI is InChI=1S/C15H14N2O5/c1-17-14(20)12(13(19)16-15(17)21)11(18)8-5-9-3-6-10(22-2)7-4-9/h3-8,12H,1-2H3,(H,16,19,21)/b8-5+/t12-/m1/s1. The van der Waals surface area contributed by atoms with E-state index in [1.165, 1.54) is 13.1 Å². The van der Waals surface area contributed by atoms with Crippen molar-refractivity contribution in [2.45, 2.75) is 0 Å².